The molecule has 0 spiro atoms. The van der Waals surface area contributed by atoms with Crippen molar-refractivity contribution in [3.05, 3.63) is 36.5 Å². The molecule has 1 aromatic rings. The summed E-state index contributed by atoms with van der Waals surface area (Å²) in [6, 6.07) is 0.411. The number of hydrogen-bond acceptors (Lipinski definition) is 6. The smallest absolute Gasteiger partial charge is 0.315 e. The highest BCUT2D eigenvalue weighted by atomic mass is 16.4. The molecule has 0 saturated heterocycles. The number of anilines is 1. The Hall–Kier alpha value is -2.37. The first kappa shape index (κ1) is 12.1. The quantitative estimate of drug-likeness (QED) is 0.847. The van der Waals surface area contributed by atoms with Gasteiger partial charge in [-0.05, 0) is 20.0 Å². The highest BCUT2D eigenvalue weighted by molar-refractivity contribution is 6.14. The predicted octanol–water partition coefficient (Wildman–Crippen LogP) is 1.93. The molecule has 0 aromatic carbocycles. The van der Waals surface area contributed by atoms with E-state index >= 15 is 0 Å². The molecule has 2 rings (SSSR count). The fourth-order valence-corrected chi connectivity index (χ4v) is 1.62. The number of nitrogens with zero attached hydrogens (tertiary/aromatic N) is 3. The zero-order chi connectivity index (χ0) is 13.0. The lowest BCUT2D eigenvalue weighted by Crippen LogP contribution is -2.17. The van der Waals surface area contributed by atoms with Gasteiger partial charge in [0.15, 0.2) is 0 Å². The number of allylic oxidation sites excluding steroid dienone is 1. The Morgan fingerprint density at radius 2 is 2.28 bits per heavy atom. The van der Waals surface area contributed by atoms with E-state index in [1.807, 2.05) is 19.9 Å². The first-order valence-corrected chi connectivity index (χ1v) is 5.70. The summed E-state index contributed by atoms with van der Waals surface area (Å²) in [5.41, 5.74) is 1.72. The zero-order valence-corrected chi connectivity index (χ0v) is 10.4. The van der Waals surface area contributed by atoms with Crippen LogP contribution in [0, 0.1) is 0 Å². The Balaban J connectivity index is 2.22. The molecule has 0 saturated carbocycles. The Morgan fingerprint density at radius 1 is 1.44 bits per heavy atom. The van der Waals surface area contributed by atoms with Crippen LogP contribution in [-0.4, -0.2) is 22.6 Å². The third-order valence-electron chi connectivity index (χ3n) is 2.38. The van der Waals surface area contributed by atoms with Crippen LogP contribution < -0.4 is 10.6 Å². The number of hydrogen-bond donors (Lipinski definition) is 2. The van der Waals surface area contributed by atoms with Crippen LogP contribution >= 0.6 is 0 Å². The lowest BCUT2D eigenvalue weighted by Gasteiger charge is -2.04. The minimum absolute atomic E-state index is 0.411. The molecule has 1 aliphatic heterocycles. The summed E-state index contributed by atoms with van der Waals surface area (Å²) in [6.07, 6.45) is 5.21. The Bertz CT molecular complexity index is 538. The number of nitrogens with one attached hydrogen (secondary N) is 2. The maximum Gasteiger partial charge on any atom is 0.315 e. The van der Waals surface area contributed by atoms with Crippen molar-refractivity contribution >= 4 is 17.4 Å². The van der Waals surface area contributed by atoms with Gasteiger partial charge in [0.05, 0.1) is 5.57 Å². The summed E-state index contributed by atoms with van der Waals surface area (Å²) in [6.45, 7) is 8.24. The minimum atomic E-state index is 0.411. The topological polar surface area (TPSA) is 75.3 Å². The predicted molar refractivity (Wildman–Crippen MR) is 71.0 cm³/mol. The third kappa shape index (κ3) is 2.17. The van der Waals surface area contributed by atoms with E-state index in [0.717, 1.165) is 23.5 Å². The summed E-state index contributed by atoms with van der Waals surface area (Å²) in [7, 11) is 0. The summed E-state index contributed by atoms with van der Waals surface area (Å²) in [5, 5.41) is 13.8. The monoisotopic (exact) mass is 245 g/mol. The van der Waals surface area contributed by atoms with Crippen LogP contribution in [0.15, 0.2) is 40.0 Å². The van der Waals surface area contributed by atoms with Gasteiger partial charge in [0.25, 0.3) is 5.89 Å². The van der Waals surface area contributed by atoms with Gasteiger partial charge in [-0.2, -0.15) is 0 Å². The molecular formula is C12H15N5O. The van der Waals surface area contributed by atoms with Crippen molar-refractivity contribution in [3.8, 4) is 0 Å². The van der Waals surface area contributed by atoms with Crippen LogP contribution in [0.4, 0.5) is 6.01 Å². The SMILES string of the molecule is C=CNC1=NC=C(c2nnc(NCC)o2)/C1=C/C. The van der Waals surface area contributed by atoms with E-state index in [4.69, 9.17) is 4.42 Å². The van der Waals surface area contributed by atoms with Crippen LogP contribution in [0.3, 0.4) is 0 Å². The Morgan fingerprint density at radius 3 is 2.94 bits per heavy atom. The molecule has 94 valence electrons. The largest absolute Gasteiger partial charge is 0.403 e. The fourth-order valence-electron chi connectivity index (χ4n) is 1.62. The summed E-state index contributed by atoms with van der Waals surface area (Å²) in [4.78, 5) is 4.25. The Kier molecular flexibility index (Phi) is 3.57. The minimum Gasteiger partial charge on any atom is -0.403 e. The number of rotatable bonds is 4. The van der Waals surface area contributed by atoms with E-state index < -0.39 is 0 Å². The third-order valence-corrected chi connectivity index (χ3v) is 2.38. The number of aromatic nitrogens is 2. The van der Waals surface area contributed by atoms with Gasteiger partial charge in [0.1, 0.15) is 5.84 Å². The van der Waals surface area contributed by atoms with Crippen molar-refractivity contribution in [1.29, 1.82) is 0 Å². The van der Waals surface area contributed by atoms with Gasteiger partial charge in [-0.15, -0.1) is 5.10 Å². The molecule has 0 aliphatic carbocycles. The van der Waals surface area contributed by atoms with Crippen LogP contribution in [0.2, 0.25) is 0 Å². The maximum atomic E-state index is 5.50. The average Bonchev–Trinajstić information content (AvgIpc) is 2.96. The van der Waals surface area contributed by atoms with Crippen LogP contribution in [0.5, 0.6) is 0 Å². The van der Waals surface area contributed by atoms with E-state index in [-0.39, 0.29) is 0 Å². The molecule has 1 aliphatic rings. The van der Waals surface area contributed by atoms with Crippen molar-refractivity contribution in [2.24, 2.45) is 4.99 Å². The first-order valence-electron chi connectivity index (χ1n) is 5.70. The first-order chi connectivity index (χ1) is 8.80. The van der Waals surface area contributed by atoms with Gasteiger partial charge in [-0.25, -0.2) is 4.99 Å². The molecule has 0 fully saturated rings. The molecule has 0 bridgehead atoms. The lowest BCUT2D eigenvalue weighted by atomic mass is 10.1. The van der Waals surface area contributed by atoms with Gasteiger partial charge in [-0.3, -0.25) is 0 Å². The van der Waals surface area contributed by atoms with Crippen LogP contribution in [-0.2, 0) is 0 Å². The molecule has 0 atom stereocenters. The number of amidine groups is 1. The molecule has 18 heavy (non-hydrogen) atoms. The van der Waals surface area contributed by atoms with E-state index in [1.54, 1.807) is 12.4 Å². The van der Waals surface area contributed by atoms with Crippen molar-refractivity contribution in [2.75, 3.05) is 11.9 Å². The molecule has 0 radical (unpaired) electrons. The molecule has 1 aromatic heterocycles. The van der Waals surface area contributed by atoms with Crippen molar-refractivity contribution in [1.82, 2.24) is 15.5 Å². The fraction of sp³-hybridized carbons (Fsp3) is 0.250. The standard InChI is InChI=1S/C12H15N5O/c1-4-8-9(7-15-10(8)13-5-2)11-16-17-12(18-11)14-6-3/h4-5,7H,2,6H2,1,3H3,(H,13,15)(H,14,17)/b8-4-. The highest BCUT2D eigenvalue weighted by Crippen LogP contribution is 2.28. The van der Waals surface area contributed by atoms with Crippen molar-refractivity contribution in [3.63, 3.8) is 0 Å². The van der Waals surface area contributed by atoms with E-state index in [0.29, 0.717) is 11.9 Å². The van der Waals surface area contributed by atoms with Gasteiger partial charge < -0.3 is 15.1 Å². The summed E-state index contributed by atoms with van der Waals surface area (Å²) < 4.78 is 5.50. The van der Waals surface area contributed by atoms with Gasteiger partial charge in [0, 0.05) is 18.3 Å². The Labute approximate surface area is 105 Å². The molecule has 2 heterocycles. The van der Waals surface area contributed by atoms with E-state index in [1.165, 1.54) is 0 Å². The van der Waals surface area contributed by atoms with Crippen LogP contribution in [0.25, 0.3) is 5.57 Å². The zero-order valence-electron chi connectivity index (χ0n) is 10.4. The van der Waals surface area contributed by atoms with Crippen molar-refractivity contribution in [2.45, 2.75) is 13.8 Å². The maximum absolute atomic E-state index is 5.50. The van der Waals surface area contributed by atoms with Gasteiger partial charge in [-0.1, -0.05) is 17.8 Å². The molecule has 0 unspecified atom stereocenters. The second-order valence-corrected chi connectivity index (χ2v) is 3.51. The van der Waals surface area contributed by atoms with Gasteiger partial charge >= 0.3 is 6.01 Å². The second kappa shape index (κ2) is 5.31. The van der Waals surface area contributed by atoms with E-state index in [2.05, 4.69) is 32.4 Å². The van der Waals surface area contributed by atoms with Crippen molar-refractivity contribution < 1.29 is 4.42 Å². The molecule has 2 N–H and O–H groups in total. The molecule has 6 heteroatoms. The summed E-state index contributed by atoms with van der Waals surface area (Å²) >= 11 is 0. The average molecular weight is 245 g/mol. The lowest BCUT2D eigenvalue weighted by molar-refractivity contribution is 0.553. The van der Waals surface area contributed by atoms with E-state index in [9.17, 15) is 0 Å². The summed E-state index contributed by atoms with van der Waals surface area (Å²) in [5.74, 6) is 1.18. The molecule has 0 amide bonds. The van der Waals surface area contributed by atoms with Gasteiger partial charge in [0.2, 0.25) is 0 Å². The molecular weight excluding hydrogens is 230 g/mol. The number of aliphatic imine (C=N–C) groups is 1. The molecule has 6 nitrogen and oxygen atoms in total. The van der Waals surface area contributed by atoms with Crippen LogP contribution in [0.1, 0.15) is 19.7 Å². The highest BCUT2D eigenvalue weighted by Gasteiger charge is 2.22. The normalized spacial score (nSPS) is 16.4. The second-order valence-electron chi connectivity index (χ2n) is 3.51.